The van der Waals surface area contributed by atoms with Crippen molar-refractivity contribution in [1.29, 1.82) is 0 Å². The molecule has 2 heterocycles. The average Bonchev–Trinajstić information content (AvgIpc) is 2.50. The number of halogens is 4. The highest BCUT2D eigenvalue weighted by Gasteiger charge is 2.42. The molecule has 0 spiro atoms. The Kier molecular flexibility index (Phi) is 13.0. The Hall–Kier alpha value is -1.01. The highest BCUT2D eigenvalue weighted by molar-refractivity contribution is 5.32. The fraction of sp³-hybridized carbons (Fsp3) is 0.923. The Morgan fingerprint density at radius 2 is 1.54 bits per heavy atom. The molecule has 0 saturated carbocycles. The molecule has 0 aromatic heterocycles. The van der Waals surface area contributed by atoms with Gasteiger partial charge < -0.3 is 30.6 Å². The summed E-state index contributed by atoms with van der Waals surface area (Å²) in [5.41, 5.74) is 0. The lowest BCUT2D eigenvalue weighted by atomic mass is 10.1. The Morgan fingerprint density at radius 1 is 1.08 bits per heavy atom. The van der Waals surface area contributed by atoms with Gasteiger partial charge in [0.15, 0.2) is 0 Å². The SMILES string of the molecule is CN1CCC(O)C(F)(F)C1.CO.O=CO.OC1CCNCC1(F)F. The first-order valence-electron chi connectivity index (χ1n) is 7.10. The number of alkyl halides is 4. The number of aliphatic hydroxyl groups excluding tert-OH is 3. The Bertz CT molecular complexity index is 337. The Balaban J connectivity index is 0. The number of likely N-dealkylation sites (tertiary alicyclic amines) is 1. The maximum atomic E-state index is 12.6. The number of aliphatic hydroxyl groups is 3. The van der Waals surface area contributed by atoms with Crippen LogP contribution in [0, 0.1) is 0 Å². The van der Waals surface area contributed by atoms with Crippen LogP contribution < -0.4 is 5.32 Å². The van der Waals surface area contributed by atoms with E-state index in [0.717, 1.165) is 7.11 Å². The van der Waals surface area contributed by atoms with Gasteiger partial charge in [-0.25, -0.2) is 17.6 Å². The number of piperidine rings is 2. The monoisotopic (exact) mass is 366 g/mol. The van der Waals surface area contributed by atoms with E-state index in [1.807, 2.05) is 0 Å². The van der Waals surface area contributed by atoms with Gasteiger partial charge in [0.2, 0.25) is 0 Å². The Labute approximate surface area is 137 Å². The molecule has 0 aliphatic carbocycles. The number of carboxylic acid groups (broad SMARTS) is 1. The van der Waals surface area contributed by atoms with E-state index in [2.05, 4.69) is 5.32 Å². The third-order valence-electron chi connectivity index (χ3n) is 3.20. The molecule has 0 aromatic rings. The van der Waals surface area contributed by atoms with Crippen molar-refractivity contribution in [2.24, 2.45) is 0 Å². The second-order valence-corrected chi connectivity index (χ2v) is 5.15. The van der Waals surface area contributed by atoms with E-state index in [-0.39, 0.29) is 25.9 Å². The first-order valence-corrected chi connectivity index (χ1v) is 7.10. The maximum absolute atomic E-state index is 12.6. The van der Waals surface area contributed by atoms with E-state index < -0.39 is 30.6 Å². The second kappa shape index (κ2) is 12.4. The quantitative estimate of drug-likeness (QED) is 0.293. The van der Waals surface area contributed by atoms with Gasteiger partial charge >= 0.3 is 0 Å². The van der Waals surface area contributed by atoms with Crippen LogP contribution >= 0.6 is 0 Å². The first kappa shape index (κ1) is 25.2. The van der Waals surface area contributed by atoms with E-state index in [9.17, 15) is 17.6 Å². The highest BCUT2D eigenvalue weighted by atomic mass is 19.3. The first-order chi connectivity index (χ1) is 11.1. The van der Waals surface area contributed by atoms with Gasteiger partial charge in [-0.3, -0.25) is 4.79 Å². The predicted molar refractivity (Wildman–Crippen MR) is 78.3 cm³/mol. The van der Waals surface area contributed by atoms with Crippen LogP contribution in [-0.4, -0.2) is 96.2 Å². The van der Waals surface area contributed by atoms with Gasteiger partial charge in [-0.15, -0.1) is 0 Å². The lowest BCUT2D eigenvalue weighted by Crippen LogP contribution is -2.49. The van der Waals surface area contributed by atoms with Crippen LogP contribution in [0.25, 0.3) is 0 Å². The zero-order chi connectivity index (χ0) is 19.4. The number of nitrogens with zero attached hydrogens (tertiary/aromatic N) is 1. The number of nitrogens with one attached hydrogen (secondary N) is 1. The highest BCUT2D eigenvalue weighted by Crippen LogP contribution is 2.26. The summed E-state index contributed by atoms with van der Waals surface area (Å²) in [6.07, 6.45) is -2.57. The van der Waals surface area contributed by atoms with Crippen LogP contribution in [0.5, 0.6) is 0 Å². The number of hydrogen-bond donors (Lipinski definition) is 5. The van der Waals surface area contributed by atoms with Crippen molar-refractivity contribution in [2.75, 3.05) is 40.3 Å². The molecular formula is C13H26F4N2O5. The Morgan fingerprint density at radius 3 is 1.83 bits per heavy atom. The van der Waals surface area contributed by atoms with E-state index in [1.54, 1.807) is 7.05 Å². The predicted octanol–water partition coefficient (Wildman–Crippen LogP) is -0.397. The normalized spacial score (nSPS) is 27.9. The van der Waals surface area contributed by atoms with Crippen molar-refractivity contribution in [1.82, 2.24) is 10.2 Å². The summed E-state index contributed by atoms with van der Waals surface area (Å²) >= 11 is 0. The molecule has 2 aliphatic rings. The molecule has 2 unspecified atom stereocenters. The van der Waals surface area contributed by atoms with E-state index in [1.165, 1.54) is 4.90 Å². The number of hydrogen-bond acceptors (Lipinski definition) is 6. The molecule has 7 nitrogen and oxygen atoms in total. The molecule has 2 saturated heterocycles. The molecule has 2 rings (SSSR count). The molecule has 11 heteroatoms. The van der Waals surface area contributed by atoms with Crippen LogP contribution in [0.1, 0.15) is 12.8 Å². The van der Waals surface area contributed by atoms with Crippen molar-refractivity contribution < 1.29 is 42.8 Å². The van der Waals surface area contributed by atoms with Gasteiger partial charge in [0.05, 0.1) is 13.1 Å². The zero-order valence-corrected chi connectivity index (χ0v) is 13.6. The van der Waals surface area contributed by atoms with Crippen molar-refractivity contribution in [3.63, 3.8) is 0 Å². The summed E-state index contributed by atoms with van der Waals surface area (Å²) in [5, 5.41) is 33.8. The third-order valence-corrected chi connectivity index (χ3v) is 3.20. The van der Waals surface area contributed by atoms with Gasteiger partial charge in [-0.1, -0.05) is 0 Å². The van der Waals surface area contributed by atoms with Gasteiger partial charge in [0.25, 0.3) is 18.3 Å². The molecule has 2 atom stereocenters. The molecule has 2 aliphatic heterocycles. The second-order valence-electron chi connectivity index (χ2n) is 5.15. The van der Waals surface area contributed by atoms with Crippen molar-refractivity contribution in [3.8, 4) is 0 Å². The lowest BCUT2D eigenvalue weighted by Gasteiger charge is -2.33. The van der Waals surface area contributed by atoms with Gasteiger partial charge in [0, 0.05) is 13.7 Å². The molecule has 0 amide bonds. The number of rotatable bonds is 0. The fourth-order valence-corrected chi connectivity index (χ4v) is 1.92. The largest absolute Gasteiger partial charge is 0.483 e. The standard InChI is InChI=1S/C6H11F2NO.C5H9F2NO.CH2O2.CH4O/c1-9-3-2-5(10)6(7,8)4-9;6-5(7)3-8-2-1-4(5)9;2-1-3;1-2/h5,10H,2-4H2,1H3;4,8-9H,1-3H2;1H,(H,2,3);2H,1H3. The minimum absolute atomic E-state index is 0.146. The summed E-state index contributed by atoms with van der Waals surface area (Å²) in [7, 11) is 2.62. The van der Waals surface area contributed by atoms with E-state index >= 15 is 0 Å². The van der Waals surface area contributed by atoms with Crippen LogP contribution in [0.4, 0.5) is 17.6 Å². The number of carbonyl (C=O) groups is 1. The smallest absolute Gasteiger partial charge is 0.290 e. The summed E-state index contributed by atoms with van der Waals surface area (Å²) in [6.45, 7) is 0.0653. The summed E-state index contributed by atoms with van der Waals surface area (Å²) in [4.78, 5) is 9.88. The van der Waals surface area contributed by atoms with Crippen LogP contribution in [-0.2, 0) is 4.79 Å². The van der Waals surface area contributed by atoms with Gasteiger partial charge in [-0.2, -0.15) is 0 Å². The molecule has 0 bridgehead atoms. The summed E-state index contributed by atoms with van der Waals surface area (Å²) in [5.74, 6) is -5.83. The summed E-state index contributed by atoms with van der Waals surface area (Å²) < 4.78 is 49.7. The molecule has 146 valence electrons. The van der Waals surface area contributed by atoms with E-state index in [4.69, 9.17) is 25.2 Å². The van der Waals surface area contributed by atoms with Crippen LogP contribution in [0.15, 0.2) is 0 Å². The minimum Gasteiger partial charge on any atom is -0.483 e. The summed E-state index contributed by atoms with van der Waals surface area (Å²) in [6, 6.07) is 0. The molecule has 0 radical (unpaired) electrons. The van der Waals surface area contributed by atoms with Crippen LogP contribution in [0.3, 0.4) is 0 Å². The van der Waals surface area contributed by atoms with E-state index in [0.29, 0.717) is 13.1 Å². The average molecular weight is 366 g/mol. The third kappa shape index (κ3) is 9.98. The van der Waals surface area contributed by atoms with Crippen molar-refractivity contribution in [3.05, 3.63) is 0 Å². The molecule has 5 N–H and O–H groups in total. The molecule has 24 heavy (non-hydrogen) atoms. The minimum atomic E-state index is -2.92. The lowest BCUT2D eigenvalue weighted by molar-refractivity contribution is -0.145. The molecule has 2 fully saturated rings. The van der Waals surface area contributed by atoms with Crippen molar-refractivity contribution in [2.45, 2.75) is 36.9 Å². The topological polar surface area (TPSA) is 113 Å². The van der Waals surface area contributed by atoms with Gasteiger partial charge in [-0.05, 0) is 26.4 Å². The van der Waals surface area contributed by atoms with Gasteiger partial charge in [0.1, 0.15) is 12.2 Å². The van der Waals surface area contributed by atoms with Crippen LogP contribution in [0.2, 0.25) is 0 Å². The molecule has 0 aromatic carbocycles. The van der Waals surface area contributed by atoms with Crippen molar-refractivity contribution >= 4 is 6.47 Å². The molecular weight excluding hydrogens is 340 g/mol. The maximum Gasteiger partial charge on any atom is 0.290 e. The zero-order valence-electron chi connectivity index (χ0n) is 13.6. The fourth-order valence-electron chi connectivity index (χ4n) is 1.92.